The smallest absolute Gasteiger partial charge is 0.354 e. The van der Waals surface area contributed by atoms with E-state index in [9.17, 15) is 9.59 Å². The zero-order valence-corrected chi connectivity index (χ0v) is 10.3. The number of aromatic amines is 1. The Kier molecular flexibility index (Phi) is 3.38. The summed E-state index contributed by atoms with van der Waals surface area (Å²) in [5.74, 6) is -1.24. The number of carboxylic acid groups (broad SMARTS) is 1. The van der Waals surface area contributed by atoms with Gasteiger partial charge in [0.2, 0.25) is 0 Å². The number of H-pyrrole nitrogens is 1. The van der Waals surface area contributed by atoms with E-state index in [1.54, 1.807) is 13.0 Å². The summed E-state index contributed by atoms with van der Waals surface area (Å²) in [6, 6.07) is 1.60. The van der Waals surface area contributed by atoms with Crippen LogP contribution in [0, 0.1) is 12.8 Å². The SMILES string of the molecule is Cc1cc(NC(=O)C2OCCC2C)c(C(=O)O)[nH]1. The summed E-state index contributed by atoms with van der Waals surface area (Å²) < 4.78 is 5.34. The molecule has 1 fully saturated rings. The molecule has 2 atom stereocenters. The molecule has 0 spiro atoms. The van der Waals surface area contributed by atoms with E-state index in [0.29, 0.717) is 12.3 Å². The van der Waals surface area contributed by atoms with Crippen LogP contribution >= 0.6 is 0 Å². The maximum atomic E-state index is 12.0. The van der Waals surface area contributed by atoms with Gasteiger partial charge in [0, 0.05) is 12.3 Å². The molecule has 1 aliphatic rings. The summed E-state index contributed by atoms with van der Waals surface area (Å²) >= 11 is 0. The van der Waals surface area contributed by atoms with E-state index in [-0.39, 0.29) is 23.2 Å². The molecule has 0 bridgehead atoms. The topological polar surface area (TPSA) is 91.4 Å². The molecule has 6 heteroatoms. The fourth-order valence-corrected chi connectivity index (χ4v) is 2.09. The molecule has 1 aromatic rings. The zero-order chi connectivity index (χ0) is 13.3. The van der Waals surface area contributed by atoms with Crippen LogP contribution in [0.25, 0.3) is 0 Å². The van der Waals surface area contributed by atoms with Crippen molar-refractivity contribution in [2.75, 3.05) is 11.9 Å². The fraction of sp³-hybridized carbons (Fsp3) is 0.500. The van der Waals surface area contributed by atoms with Crippen LogP contribution in [0.3, 0.4) is 0 Å². The highest BCUT2D eigenvalue weighted by molar-refractivity contribution is 6.01. The minimum absolute atomic E-state index is 0.00787. The van der Waals surface area contributed by atoms with Crippen molar-refractivity contribution in [3.8, 4) is 0 Å². The van der Waals surface area contributed by atoms with Crippen molar-refractivity contribution in [2.45, 2.75) is 26.4 Å². The van der Waals surface area contributed by atoms with Crippen LogP contribution in [0.5, 0.6) is 0 Å². The van der Waals surface area contributed by atoms with E-state index in [2.05, 4.69) is 10.3 Å². The van der Waals surface area contributed by atoms with Gasteiger partial charge in [-0.05, 0) is 25.3 Å². The molecule has 3 N–H and O–H groups in total. The first-order valence-corrected chi connectivity index (χ1v) is 5.84. The number of ether oxygens (including phenoxy) is 1. The quantitative estimate of drug-likeness (QED) is 0.758. The molecule has 0 saturated carbocycles. The number of carbonyl (C=O) groups excluding carboxylic acids is 1. The van der Waals surface area contributed by atoms with E-state index < -0.39 is 12.1 Å². The number of carbonyl (C=O) groups is 2. The molecule has 0 radical (unpaired) electrons. The number of rotatable bonds is 3. The maximum absolute atomic E-state index is 12.0. The van der Waals surface area contributed by atoms with Crippen LogP contribution in [-0.4, -0.2) is 34.7 Å². The Morgan fingerprint density at radius 1 is 1.56 bits per heavy atom. The maximum Gasteiger partial charge on any atom is 0.354 e. The average Bonchev–Trinajstić information content (AvgIpc) is 2.84. The van der Waals surface area contributed by atoms with E-state index in [0.717, 1.165) is 6.42 Å². The summed E-state index contributed by atoms with van der Waals surface area (Å²) in [5.41, 5.74) is 0.960. The molecule has 0 aromatic carbocycles. The Bertz CT molecular complexity index is 480. The Morgan fingerprint density at radius 2 is 2.28 bits per heavy atom. The highest BCUT2D eigenvalue weighted by Gasteiger charge is 2.31. The van der Waals surface area contributed by atoms with Gasteiger partial charge in [-0.25, -0.2) is 4.79 Å². The summed E-state index contributed by atoms with van der Waals surface area (Å²) in [6.45, 7) is 4.24. The summed E-state index contributed by atoms with van der Waals surface area (Å²) in [7, 11) is 0. The van der Waals surface area contributed by atoms with Crippen molar-refractivity contribution >= 4 is 17.6 Å². The molecular weight excluding hydrogens is 236 g/mol. The van der Waals surface area contributed by atoms with Crippen molar-refractivity contribution in [1.82, 2.24) is 4.98 Å². The zero-order valence-electron chi connectivity index (χ0n) is 10.3. The van der Waals surface area contributed by atoms with Crippen molar-refractivity contribution in [3.63, 3.8) is 0 Å². The van der Waals surface area contributed by atoms with Crippen LogP contribution in [0.2, 0.25) is 0 Å². The molecule has 1 aromatic heterocycles. The van der Waals surface area contributed by atoms with Gasteiger partial charge in [0.25, 0.3) is 5.91 Å². The summed E-state index contributed by atoms with van der Waals surface area (Å²) in [4.78, 5) is 25.7. The standard InChI is InChI=1S/C12H16N2O4/c1-6-3-4-18-10(6)11(15)14-8-5-7(2)13-9(8)12(16)17/h5-6,10,13H,3-4H2,1-2H3,(H,14,15)(H,16,17). The Balaban J connectivity index is 2.14. The van der Waals surface area contributed by atoms with Crippen molar-refractivity contribution in [3.05, 3.63) is 17.5 Å². The number of aromatic carboxylic acids is 1. The molecule has 0 aliphatic carbocycles. The molecule has 2 rings (SSSR count). The minimum Gasteiger partial charge on any atom is -0.477 e. The van der Waals surface area contributed by atoms with Gasteiger partial charge in [-0.1, -0.05) is 6.92 Å². The molecule has 18 heavy (non-hydrogen) atoms. The molecule has 1 amide bonds. The molecule has 98 valence electrons. The first-order valence-electron chi connectivity index (χ1n) is 5.84. The normalized spacial score (nSPS) is 23.0. The van der Waals surface area contributed by atoms with Gasteiger partial charge >= 0.3 is 5.97 Å². The van der Waals surface area contributed by atoms with Crippen molar-refractivity contribution in [1.29, 1.82) is 0 Å². The highest BCUT2D eigenvalue weighted by Crippen LogP contribution is 2.23. The number of aromatic nitrogens is 1. The monoisotopic (exact) mass is 252 g/mol. The largest absolute Gasteiger partial charge is 0.477 e. The Morgan fingerprint density at radius 3 is 2.83 bits per heavy atom. The second-order valence-electron chi connectivity index (χ2n) is 4.59. The second kappa shape index (κ2) is 4.81. The van der Waals surface area contributed by atoms with Crippen LogP contribution in [-0.2, 0) is 9.53 Å². The Hall–Kier alpha value is -1.82. The van der Waals surface area contributed by atoms with E-state index >= 15 is 0 Å². The summed E-state index contributed by atoms with van der Waals surface area (Å²) in [6.07, 6.45) is 0.345. The summed E-state index contributed by atoms with van der Waals surface area (Å²) in [5, 5.41) is 11.6. The molecule has 6 nitrogen and oxygen atoms in total. The molecule has 2 unspecified atom stereocenters. The predicted molar refractivity (Wildman–Crippen MR) is 64.6 cm³/mol. The first kappa shape index (κ1) is 12.6. The van der Waals surface area contributed by atoms with Gasteiger partial charge in [0.1, 0.15) is 11.8 Å². The van der Waals surface area contributed by atoms with E-state index in [1.807, 2.05) is 6.92 Å². The second-order valence-corrected chi connectivity index (χ2v) is 4.59. The molecule has 1 aliphatic heterocycles. The third-order valence-electron chi connectivity index (χ3n) is 3.07. The number of carboxylic acids is 1. The molecule has 2 heterocycles. The van der Waals surface area contributed by atoms with Gasteiger partial charge in [0.05, 0.1) is 5.69 Å². The van der Waals surface area contributed by atoms with Gasteiger partial charge in [-0.2, -0.15) is 0 Å². The first-order chi connectivity index (χ1) is 8.49. The molecular formula is C12H16N2O4. The number of hydrogen-bond donors (Lipinski definition) is 3. The van der Waals surface area contributed by atoms with E-state index in [1.165, 1.54) is 0 Å². The van der Waals surface area contributed by atoms with Gasteiger partial charge < -0.3 is 20.1 Å². The third-order valence-corrected chi connectivity index (χ3v) is 3.07. The minimum atomic E-state index is -1.10. The van der Waals surface area contributed by atoms with Crippen LogP contribution < -0.4 is 5.32 Å². The lowest BCUT2D eigenvalue weighted by molar-refractivity contribution is -0.126. The Labute approximate surface area is 104 Å². The fourth-order valence-electron chi connectivity index (χ4n) is 2.09. The lowest BCUT2D eigenvalue weighted by Crippen LogP contribution is -2.31. The number of anilines is 1. The van der Waals surface area contributed by atoms with Crippen molar-refractivity contribution in [2.24, 2.45) is 5.92 Å². The molecule has 1 saturated heterocycles. The van der Waals surface area contributed by atoms with Gasteiger partial charge in [0.15, 0.2) is 0 Å². The lowest BCUT2D eigenvalue weighted by atomic mass is 10.0. The van der Waals surface area contributed by atoms with Crippen molar-refractivity contribution < 1.29 is 19.4 Å². The predicted octanol–water partition coefficient (Wildman–Crippen LogP) is 1.38. The average molecular weight is 252 g/mol. The van der Waals surface area contributed by atoms with Gasteiger partial charge in [-0.15, -0.1) is 0 Å². The number of amides is 1. The number of nitrogens with one attached hydrogen (secondary N) is 2. The van der Waals surface area contributed by atoms with Crippen LogP contribution in [0.4, 0.5) is 5.69 Å². The van der Waals surface area contributed by atoms with Gasteiger partial charge in [-0.3, -0.25) is 4.79 Å². The third kappa shape index (κ3) is 2.38. The number of aryl methyl sites for hydroxylation is 1. The lowest BCUT2D eigenvalue weighted by Gasteiger charge is -2.14. The van der Waals surface area contributed by atoms with E-state index in [4.69, 9.17) is 9.84 Å². The van der Waals surface area contributed by atoms with Crippen LogP contribution in [0.1, 0.15) is 29.5 Å². The van der Waals surface area contributed by atoms with Crippen LogP contribution in [0.15, 0.2) is 6.07 Å². The number of hydrogen-bond acceptors (Lipinski definition) is 3. The highest BCUT2D eigenvalue weighted by atomic mass is 16.5.